The topological polar surface area (TPSA) is 76.6 Å². The fourth-order valence-corrected chi connectivity index (χ4v) is 5.71. The molecule has 0 bridgehead atoms. The number of fused-ring (bicyclic) bond motifs is 3. The van der Waals surface area contributed by atoms with E-state index in [1.54, 1.807) is 0 Å². The summed E-state index contributed by atoms with van der Waals surface area (Å²) in [4.78, 5) is 30.0. The Morgan fingerprint density at radius 1 is 1.05 bits per heavy atom. The molecule has 0 atom stereocenters. The van der Waals surface area contributed by atoms with Crippen LogP contribution in [0.25, 0.3) is 16.6 Å². The summed E-state index contributed by atoms with van der Waals surface area (Å²) >= 11 is 0. The number of para-hydroxylation sites is 2. The number of nitrogens with one attached hydrogen (secondary N) is 1. The van der Waals surface area contributed by atoms with Crippen molar-refractivity contribution in [3.8, 4) is 5.75 Å². The average Bonchev–Trinajstić information content (AvgIpc) is 3.20. The van der Waals surface area contributed by atoms with Crippen LogP contribution in [0.1, 0.15) is 41.1 Å². The first-order valence-corrected chi connectivity index (χ1v) is 13.1. The van der Waals surface area contributed by atoms with Gasteiger partial charge >= 0.3 is 11.7 Å². The monoisotopic (exact) mass is 509 g/mol. The van der Waals surface area contributed by atoms with Gasteiger partial charge in [-0.2, -0.15) is 0 Å². The number of nitrogens with zero attached hydrogens (tertiary/aromatic N) is 2. The number of hydrogen-bond acceptors (Lipinski definition) is 5. The second-order valence-corrected chi connectivity index (χ2v) is 10.00. The summed E-state index contributed by atoms with van der Waals surface area (Å²) < 4.78 is 13.0. The molecule has 0 spiro atoms. The van der Waals surface area contributed by atoms with Crippen molar-refractivity contribution in [2.75, 3.05) is 26.7 Å². The largest absolute Gasteiger partial charge is 0.488 e. The van der Waals surface area contributed by atoms with Crippen molar-refractivity contribution in [2.24, 2.45) is 0 Å². The zero-order valence-corrected chi connectivity index (χ0v) is 21.5. The van der Waals surface area contributed by atoms with E-state index in [1.165, 1.54) is 7.11 Å². The predicted molar refractivity (Wildman–Crippen MR) is 147 cm³/mol. The number of ether oxygens (including phenoxy) is 2. The van der Waals surface area contributed by atoms with E-state index in [0.29, 0.717) is 6.61 Å². The Morgan fingerprint density at radius 2 is 1.84 bits per heavy atom. The molecule has 4 aromatic rings. The maximum atomic E-state index is 12.7. The third-order valence-electron chi connectivity index (χ3n) is 7.70. The molecule has 0 amide bonds. The lowest BCUT2D eigenvalue weighted by Gasteiger charge is -2.32. The number of methoxy groups -OCH3 is 1. The van der Waals surface area contributed by atoms with Gasteiger partial charge in [-0.3, -0.25) is 14.3 Å². The van der Waals surface area contributed by atoms with E-state index in [9.17, 15) is 9.59 Å². The zero-order valence-electron chi connectivity index (χ0n) is 21.5. The van der Waals surface area contributed by atoms with Crippen molar-refractivity contribution in [3.05, 3.63) is 106 Å². The summed E-state index contributed by atoms with van der Waals surface area (Å²) in [5.41, 5.74) is 7.15. The Bertz CT molecular complexity index is 1570. The molecule has 1 N–H and O–H groups in total. The molecule has 1 fully saturated rings. The molecular formula is C31H31N3O4. The number of carbonyl (C=O) groups is 1. The second-order valence-electron chi connectivity index (χ2n) is 10.00. The number of hydrogen-bond donors (Lipinski definition) is 1. The number of likely N-dealkylation sites (tertiary alicyclic amines) is 1. The van der Waals surface area contributed by atoms with E-state index in [0.717, 1.165) is 77.1 Å². The smallest absolute Gasteiger partial charge is 0.326 e. The molecule has 0 saturated carbocycles. The van der Waals surface area contributed by atoms with Gasteiger partial charge in [0.25, 0.3) is 0 Å². The van der Waals surface area contributed by atoms with Crippen molar-refractivity contribution >= 4 is 22.6 Å². The van der Waals surface area contributed by atoms with Gasteiger partial charge in [-0.1, -0.05) is 48.5 Å². The summed E-state index contributed by atoms with van der Waals surface area (Å²) in [6, 6.07) is 22.4. The molecule has 2 aliphatic heterocycles. The molecule has 7 nitrogen and oxygen atoms in total. The van der Waals surface area contributed by atoms with E-state index in [1.807, 2.05) is 47.0 Å². The number of piperidine rings is 1. The minimum atomic E-state index is -0.261. The molecule has 6 rings (SSSR count). The number of aromatic amines is 1. The van der Waals surface area contributed by atoms with Crippen molar-refractivity contribution < 1.29 is 14.3 Å². The second kappa shape index (κ2) is 10.3. The number of aromatic nitrogens is 2. The number of carbonyl (C=O) groups excluding carboxylic acids is 1. The van der Waals surface area contributed by atoms with E-state index < -0.39 is 0 Å². The molecule has 0 unspecified atom stereocenters. The van der Waals surface area contributed by atoms with Crippen LogP contribution in [0.5, 0.6) is 5.75 Å². The maximum Gasteiger partial charge on any atom is 0.326 e. The lowest BCUT2D eigenvalue weighted by molar-refractivity contribution is -0.139. The van der Waals surface area contributed by atoms with Gasteiger partial charge in [0.1, 0.15) is 12.4 Å². The van der Waals surface area contributed by atoms with E-state index >= 15 is 0 Å². The van der Waals surface area contributed by atoms with Crippen LogP contribution in [0.15, 0.2) is 77.6 Å². The van der Waals surface area contributed by atoms with E-state index in [2.05, 4.69) is 40.2 Å². The molecule has 194 valence electrons. The van der Waals surface area contributed by atoms with Gasteiger partial charge in [0.05, 0.1) is 24.6 Å². The quantitative estimate of drug-likeness (QED) is 0.395. The molecule has 0 radical (unpaired) electrons. The Balaban J connectivity index is 1.25. The highest BCUT2D eigenvalue weighted by Gasteiger charge is 2.24. The highest BCUT2D eigenvalue weighted by molar-refractivity contribution is 5.86. The molecule has 1 saturated heterocycles. The fourth-order valence-electron chi connectivity index (χ4n) is 5.71. The van der Waals surface area contributed by atoms with Gasteiger partial charge in [0.15, 0.2) is 0 Å². The van der Waals surface area contributed by atoms with Crippen LogP contribution >= 0.6 is 0 Å². The molecule has 2 aliphatic rings. The number of esters is 1. The summed E-state index contributed by atoms with van der Waals surface area (Å²) in [7, 11) is 1.41. The van der Waals surface area contributed by atoms with Crippen LogP contribution in [0.3, 0.4) is 0 Å². The molecule has 3 aromatic carbocycles. The van der Waals surface area contributed by atoms with E-state index in [4.69, 9.17) is 9.47 Å². The molecule has 3 heterocycles. The molecular weight excluding hydrogens is 478 g/mol. The fraction of sp³-hybridized carbons (Fsp3) is 0.290. The highest BCUT2D eigenvalue weighted by Crippen LogP contribution is 2.37. The third kappa shape index (κ3) is 4.65. The van der Waals surface area contributed by atoms with Gasteiger partial charge in [-0.05, 0) is 59.4 Å². The Morgan fingerprint density at radius 3 is 2.68 bits per heavy atom. The van der Waals surface area contributed by atoms with Crippen LogP contribution in [-0.2, 0) is 22.6 Å². The van der Waals surface area contributed by atoms with Gasteiger partial charge in [0.2, 0.25) is 0 Å². The Labute approximate surface area is 221 Å². The highest BCUT2D eigenvalue weighted by atomic mass is 16.5. The summed E-state index contributed by atoms with van der Waals surface area (Å²) in [5, 5.41) is 0. The summed E-state index contributed by atoms with van der Waals surface area (Å²) in [6.45, 7) is 3.11. The van der Waals surface area contributed by atoms with Gasteiger partial charge < -0.3 is 14.5 Å². The van der Waals surface area contributed by atoms with Crippen molar-refractivity contribution in [1.29, 1.82) is 0 Å². The molecule has 7 heteroatoms. The first-order chi connectivity index (χ1) is 18.6. The number of rotatable bonds is 5. The van der Waals surface area contributed by atoms with Crippen LogP contribution in [0, 0.1) is 0 Å². The summed E-state index contributed by atoms with van der Waals surface area (Å²) in [6.07, 6.45) is 4.35. The summed E-state index contributed by atoms with van der Waals surface area (Å²) in [5.74, 6) is 0.557. The van der Waals surface area contributed by atoms with Crippen LogP contribution < -0.4 is 10.4 Å². The molecule has 1 aromatic heterocycles. The van der Waals surface area contributed by atoms with Gasteiger partial charge in [-0.15, -0.1) is 0 Å². The van der Waals surface area contributed by atoms with E-state index in [-0.39, 0.29) is 24.1 Å². The van der Waals surface area contributed by atoms with Gasteiger partial charge in [0, 0.05) is 31.2 Å². The van der Waals surface area contributed by atoms with Crippen LogP contribution in [-0.4, -0.2) is 47.2 Å². The zero-order chi connectivity index (χ0) is 26.1. The van der Waals surface area contributed by atoms with Crippen molar-refractivity contribution in [2.45, 2.75) is 31.9 Å². The van der Waals surface area contributed by atoms with Gasteiger partial charge in [-0.25, -0.2) is 4.79 Å². The maximum absolute atomic E-state index is 12.7. The molecule has 38 heavy (non-hydrogen) atoms. The Hall–Kier alpha value is -4.10. The number of benzene rings is 3. The first kappa shape index (κ1) is 24.2. The van der Waals surface area contributed by atoms with Crippen LogP contribution in [0.2, 0.25) is 0 Å². The third-order valence-corrected chi connectivity index (χ3v) is 7.70. The minimum Gasteiger partial charge on any atom is -0.488 e. The van der Waals surface area contributed by atoms with Crippen molar-refractivity contribution in [1.82, 2.24) is 14.5 Å². The normalized spacial score (nSPS) is 17.0. The molecule has 0 aliphatic carbocycles. The number of imidazole rings is 1. The average molecular weight is 510 g/mol. The first-order valence-electron chi connectivity index (χ1n) is 13.1. The predicted octanol–water partition coefficient (Wildman–Crippen LogP) is 4.71. The lowest BCUT2D eigenvalue weighted by atomic mass is 9.92. The minimum absolute atomic E-state index is 0.0267. The SMILES string of the molecule is COC(=O)Cc1ccc2c(c1)/C(=C/CN1CCC(n3c(=O)[nH]c4ccccc43)CC1)c1ccccc1CO2. The van der Waals surface area contributed by atoms with Crippen LogP contribution in [0.4, 0.5) is 0 Å². The van der Waals surface area contributed by atoms with Crippen molar-refractivity contribution in [3.63, 3.8) is 0 Å². The lowest BCUT2D eigenvalue weighted by Crippen LogP contribution is -2.37. The number of H-pyrrole nitrogens is 1. The Kier molecular flexibility index (Phi) is 6.60. The standard InChI is InChI=1S/C31H31N3O4/c1-37-30(35)19-21-10-11-29-26(18-21)25(24-7-3-2-6-22(24)20-38-29)14-17-33-15-12-23(13-16-33)34-28-9-5-4-8-27(28)32-31(34)36/h2-11,14,18,23H,12-13,15-17,19-20H2,1H3,(H,32,36)/b25-14+.